The molecule has 0 aliphatic heterocycles. The van der Waals surface area contributed by atoms with Gasteiger partial charge in [0.1, 0.15) is 5.69 Å². The fraction of sp³-hybridized carbons (Fsp3) is 0.250. The molecule has 4 heterocycles. The molecule has 0 aliphatic carbocycles. The number of hydrogen-bond acceptors (Lipinski definition) is 6. The van der Waals surface area contributed by atoms with E-state index in [1.54, 1.807) is 31.8 Å². The Morgan fingerprint density at radius 1 is 1.23 bits per heavy atom. The molecule has 1 N–H and O–H groups in total. The van der Waals surface area contributed by atoms with Gasteiger partial charge in [0.15, 0.2) is 11.5 Å². The summed E-state index contributed by atoms with van der Waals surface area (Å²) in [6, 6.07) is 5.52. The van der Waals surface area contributed by atoms with Crippen molar-refractivity contribution in [3.8, 4) is 11.5 Å². The monoisotopic (exact) mass is 423 g/mol. The summed E-state index contributed by atoms with van der Waals surface area (Å²) in [5.74, 6) is -0.0384. The highest BCUT2D eigenvalue weighted by molar-refractivity contribution is 7.09. The van der Waals surface area contributed by atoms with Gasteiger partial charge in [0, 0.05) is 31.9 Å². The average molecular weight is 424 g/mol. The number of pyridine rings is 1. The van der Waals surface area contributed by atoms with E-state index in [1.807, 2.05) is 51.9 Å². The number of likely N-dealkylation sites (N-methyl/N-ethyl adjacent to an activating group) is 1. The highest BCUT2D eigenvalue weighted by Gasteiger charge is 2.20. The molecular formula is C20H21N7O2S. The molecule has 0 spiro atoms. The van der Waals surface area contributed by atoms with E-state index < -0.39 is 5.91 Å². The molecule has 4 aromatic rings. The first kappa shape index (κ1) is 19.8. The number of thiazole rings is 1. The number of rotatable bonds is 6. The van der Waals surface area contributed by atoms with Gasteiger partial charge in [-0.25, -0.2) is 15.0 Å². The van der Waals surface area contributed by atoms with Crippen LogP contribution in [0.1, 0.15) is 21.2 Å². The van der Waals surface area contributed by atoms with E-state index >= 15 is 0 Å². The molecule has 4 rings (SSSR count). The highest BCUT2D eigenvalue weighted by atomic mass is 32.1. The normalized spacial score (nSPS) is 11.0. The molecule has 0 bridgehead atoms. The largest absolute Gasteiger partial charge is 0.347 e. The number of hydrogen-bond donors (Lipinski definition) is 1. The molecule has 0 saturated carbocycles. The summed E-state index contributed by atoms with van der Waals surface area (Å²) in [6.45, 7) is 2.50. The molecule has 0 unspecified atom stereocenters. The molecule has 154 valence electrons. The number of nitrogens with one attached hydrogen (secondary N) is 1. The van der Waals surface area contributed by atoms with Gasteiger partial charge in [0.05, 0.1) is 35.6 Å². The van der Waals surface area contributed by atoms with Gasteiger partial charge in [0.25, 0.3) is 5.91 Å². The van der Waals surface area contributed by atoms with E-state index in [1.165, 1.54) is 4.90 Å². The van der Waals surface area contributed by atoms with Crippen LogP contribution in [0.15, 0.2) is 42.3 Å². The smallest absolute Gasteiger partial charge is 0.272 e. The van der Waals surface area contributed by atoms with Gasteiger partial charge in [-0.3, -0.25) is 14.0 Å². The van der Waals surface area contributed by atoms with Gasteiger partial charge in [-0.15, -0.1) is 11.3 Å². The first-order valence-electron chi connectivity index (χ1n) is 9.31. The van der Waals surface area contributed by atoms with E-state index in [4.69, 9.17) is 0 Å². The average Bonchev–Trinajstić information content (AvgIpc) is 3.44. The fourth-order valence-corrected chi connectivity index (χ4v) is 3.62. The molecule has 0 fully saturated rings. The Morgan fingerprint density at radius 3 is 2.80 bits per heavy atom. The van der Waals surface area contributed by atoms with E-state index in [0.29, 0.717) is 23.6 Å². The van der Waals surface area contributed by atoms with E-state index in [2.05, 4.69) is 20.3 Å². The molecule has 0 saturated heterocycles. The van der Waals surface area contributed by atoms with Crippen molar-refractivity contribution in [2.45, 2.75) is 13.5 Å². The zero-order chi connectivity index (χ0) is 21.3. The standard InChI is InChI=1S/C20H21N7O2S/c1-13-23-14(11-30-13)9-26-10-15(22-12-26)19-24-18(16-6-4-5-7-27(16)19)20(29)21-8-17(28)25(2)3/h4-7,10-12H,8-9H2,1-3H3,(H,21,29). The van der Waals surface area contributed by atoms with Crippen LogP contribution in [0, 0.1) is 6.92 Å². The topological polar surface area (TPSA) is 97.4 Å². The third-order valence-corrected chi connectivity index (χ3v) is 5.36. The molecule has 0 radical (unpaired) electrons. The van der Waals surface area contributed by atoms with Crippen molar-refractivity contribution in [2.75, 3.05) is 20.6 Å². The third kappa shape index (κ3) is 3.94. The minimum absolute atomic E-state index is 0.0886. The number of imidazole rings is 2. The molecule has 30 heavy (non-hydrogen) atoms. The number of fused-ring (bicyclic) bond motifs is 1. The number of aromatic nitrogens is 5. The molecule has 0 aliphatic rings. The maximum absolute atomic E-state index is 12.7. The van der Waals surface area contributed by atoms with Crippen LogP contribution in [0.3, 0.4) is 0 Å². The molecule has 10 heteroatoms. The fourth-order valence-electron chi connectivity index (χ4n) is 3.01. The van der Waals surface area contributed by atoms with Crippen LogP contribution in [0.25, 0.3) is 17.0 Å². The van der Waals surface area contributed by atoms with Crippen LogP contribution in [0.4, 0.5) is 0 Å². The maximum Gasteiger partial charge on any atom is 0.272 e. The van der Waals surface area contributed by atoms with Crippen LogP contribution >= 0.6 is 11.3 Å². The van der Waals surface area contributed by atoms with Crippen molar-refractivity contribution in [3.63, 3.8) is 0 Å². The second-order valence-electron chi connectivity index (χ2n) is 7.00. The van der Waals surface area contributed by atoms with Gasteiger partial charge in [0.2, 0.25) is 5.91 Å². The molecule has 2 amide bonds. The van der Waals surface area contributed by atoms with Crippen LogP contribution in [0.5, 0.6) is 0 Å². The zero-order valence-corrected chi connectivity index (χ0v) is 17.7. The zero-order valence-electron chi connectivity index (χ0n) is 16.9. The van der Waals surface area contributed by atoms with Crippen LogP contribution in [0.2, 0.25) is 0 Å². The summed E-state index contributed by atoms with van der Waals surface area (Å²) in [5.41, 5.74) is 2.51. The van der Waals surface area contributed by atoms with E-state index in [-0.39, 0.29) is 18.1 Å². The third-order valence-electron chi connectivity index (χ3n) is 4.54. The van der Waals surface area contributed by atoms with Gasteiger partial charge >= 0.3 is 0 Å². The molecule has 0 aromatic carbocycles. The minimum Gasteiger partial charge on any atom is -0.347 e. The number of carbonyl (C=O) groups is 2. The van der Waals surface area contributed by atoms with Crippen LogP contribution < -0.4 is 5.32 Å². The van der Waals surface area contributed by atoms with Crippen LogP contribution in [-0.4, -0.2) is 61.3 Å². The Hall–Kier alpha value is -3.53. The maximum atomic E-state index is 12.7. The van der Waals surface area contributed by atoms with Crippen molar-refractivity contribution in [2.24, 2.45) is 0 Å². The van der Waals surface area contributed by atoms with Gasteiger partial charge < -0.3 is 14.8 Å². The molecular weight excluding hydrogens is 402 g/mol. The Kier molecular flexibility index (Phi) is 5.32. The Labute approximate surface area is 177 Å². The van der Waals surface area contributed by atoms with Crippen molar-refractivity contribution in [1.82, 2.24) is 34.1 Å². The molecule has 9 nitrogen and oxygen atoms in total. The van der Waals surface area contributed by atoms with Crippen molar-refractivity contribution < 1.29 is 9.59 Å². The number of carbonyl (C=O) groups excluding carboxylic acids is 2. The molecule has 4 aromatic heterocycles. The Bertz CT molecular complexity index is 1220. The SMILES string of the molecule is Cc1nc(Cn2cnc(-c3nc(C(=O)NCC(=O)N(C)C)c4ccccn34)c2)cs1. The predicted molar refractivity (Wildman–Crippen MR) is 113 cm³/mol. The lowest BCUT2D eigenvalue weighted by Gasteiger charge is -2.10. The summed E-state index contributed by atoms with van der Waals surface area (Å²) in [7, 11) is 3.28. The van der Waals surface area contributed by atoms with Gasteiger partial charge in [-0.1, -0.05) is 6.07 Å². The summed E-state index contributed by atoms with van der Waals surface area (Å²) in [5, 5.41) is 5.68. The lowest BCUT2D eigenvalue weighted by molar-refractivity contribution is -0.127. The summed E-state index contributed by atoms with van der Waals surface area (Å²) >= 11 is 1.61. The van der Waals surface area contributed by atoms with Crippen molar-refractivity contribution >= 4 is 28.7 Å². The first-order chi connectivity index (χ1) is 14.4. The van der Waals surface area contributed by atoms with Gasteiger partial charge in [-0.05, 0) is 19.1 Å². The van der Waals surface area contributed by atoms with Crippen molar-refractivity contribution in [1.29, 1.82) is 0 Å². The molecule has 0 atom stereocenters. The quantitative estimate of drug-likeness (QED) is 0.510. The predicted octanol–water partition coefficient (Wildman–Crippen LogP) is 1.83. The van der Waals surface area contributed by atoms with Gasteiger partial charge in [-0.2, -0.15) is 0 Å². The number of aryl methyl sites for hydroxylation is 1. The number of nitrogens with zero attached hydrogens (tertiary/aromatic N) is 6. The summed E-state index contributed by atoms with van der Waals surface area (Å²) in [6.07, 6.45) is 5.44. The van der Waals surface area contributed by atoms with E-state index in [9.17, 15) is 9.59 Å². The van der Waals surface area contributed by atoms with E-state index in [0.717, 1.165) is 10.7 Å². The Morgan fingerprint density at radius 2 is 2.07 bits per heavy atom. The second kappa shape index (κ2) is 8.07. The van der Waals surface area contributed by atoms with Crippen LogP contribution in [-0.2, 0) is 11.3 Å². The summed E-state index contributed by atoms with van der Waals surface area (Å²) in [4.78, 5) is 39.4. The first-order valence-corrected chi connectivity index (χ1v) is 10.2. The summed E-state index contributed by atoms with van der Waals surface area (Å²) < 4.78 is 3.76. The lowest BCUT2D eigenvalue weighted by Crippen LogP contribution is -2.36. The van der Waals surface area contributed by atoms with Crippen molar-refractivity contribution in [3.05, 3.63) is 58.7 Å². The number of amides is 2. The second-order valence-corrected chi connectivity index (χ2v) is 8.06. The highest BCUT2D eigenvalue weighted by Crippen LogP contribution is 2.22. The minimum atomic E-state index is -0.405. The lowest BCUT2D eigenvalue weighted by atomic mass is 10.3. The Balaban J connectivity index is 1.62.